The molecule has 2 heterocycles. The van der Waals surface area contributed by atoms with Crippen LogP contribution in [0.5, 0.6) is 0 Å². The van der Waals surface area contributed by atoms with Gasteiger partial charge >= 0.3 is 0 Å². The van der Waals surface area contributed by atoms with Crippen molar-refractivity contribution in [2.24, 2.45) is 0 Å². The number of nitrogens with two attached hydrogens (primary N) is 1. The molecule has 5 nitrogen and oxygen atoms in total. The number of nitrogens with zero attached hydrogens (tertiary/aromatic N) is 3. The van der Waals surface area contributed by atoms with Crippen LogP contribution < -0.4 is 11.1 Å². The van der Waals surface area contributed by atoms with Crippen molar-refractivity contribution in [2.75, 3.05) is 17.6 Å². The second-order valence-electron chi connectivity index (χ2n) is 4.48. The number of aromatic nitrogens is 3. The number of anilines is 2. The van der Waals surface area contributed by atoms with Crippen LogP contribution in [0, 0.1) is 6.92 Å². The first-order valence-corrected chi connectivity index (χ1v) is 7.27. The second-order valence-corrected chi connectivity index (χ2v) is 5.54. The second kappa shape index (κ2) is 5.42. The highest BCUT2D eigenvalue weighted by Crippen LogP contribution is 2.20. The molecule has 3 N–H and O–H groups in total. The van der Waals surface area contributed by atoms with Crippen molar-refractivity contribution in [3.63, 3.8) is 0 Å². The quantitative estimate of drug-likeness (QED) is 0.770. The lowest BCUT2D eigenvalue weighted by atomic mass is 10.2. The smallest absolute Gasteiger partial charge is 0.222 e. The molecule has 0 amide bonds. The molecular formula is C14H15N5S. The zero-order valence-corrected chi connectivity index (χ0v) is 11.9. The van der Waals surface area contributed by atoms with Gasteiger partial charge in [-0.2, -0.15) is 4.98 Å². The van der Waals surface area contributed by atoms with Crippen molar-refractivity contribution in [2.45, 2.75) is 13.3 Å². The molecule has 0 aliphatic rings. The summed E-state index contributed by atoms with van der Waals surface area (Å²) in [6.45, 7) is 2.78. The Balaban J connectivity index is 1.77. The molecule has 0 saturated carbocycles. The van der Waals surface area contributed by atoms with E-state index in [0.717, 1.165) is 40.4 Å². The molecule has 0 fully saturated rings. The van der Waals surface area contributed by atoms with E-state index in [0.29, 0.717) is 0 Å². The standard InChI is InChI=1S/C14H15N5S/c1-9-17-10(8-20-9)6-7-16-13-11-4-2-3-5-12(11)18-14(15)19-13/h2-5,8H,6-7H2,1H3,(H3,15,16,18,19). The van der Waals surface area contributed by atoms with Crippen LogP contribution in [-0.2, 0) is 6.42 Å². The summed E-state index contributed by atoms with van der Waals surface area (Å²) < 4.78 is 0. The first kappa shape index (κ1) is 12.8. The molecule has 0 aliphatic carbocycles. The Bertz CT molecular complexity index is 737. The lowest BCUT2D eigenvalue weighted by Crippen LogP contribution is -2.09. The fourth-order valence-corrected chi connectivity index (χ4v) is 2.71. The number of fused-ring (bicyclic) bond motifs is 1. The summed E-state index contributed by atoms with van der Waals surface area (Å²) in [6.07, 6.45) is 0.864. The molecule has 3 rings (SSSR count). The number of nitrogen functional groups attached to an aromatic ring is 1. The van der Waals surface area contributed by atoms with Gasteiger partial charge in [-0.05, 0) is 19.1 Å². The van der Waals surface area contributed by atoms with Gasteiger partial charge in [0.05, 0.1) is 16.2 Å². The van der Waals surface area contributed by atoms with E-state index in [-0.39, 0.29) is 5.95 Å². The highest BCUT2D eigenvalue weighted by atomic mass is 32.1. The maximum Gasteiger partial charge on any atom is 0.222 e. The summed E-state index contributed by atoms with van der Waals surface area (Å²) in [6, 6.07) is 7.83. The highest BCUT2D eigenvalue weighted by Gasteiger charge is 2.05. The zero-order valence-electron chi connectivity index (χ0n) is 11.1. The van der Waals surface area contributed by atoms with Gasteiger partial charge < -0.3 is 11.1 Å². The minimum atomic E-state index is 0.288. The van der Waals surface area contributed by atoms with Gasteiger partial charge in [0, 0.05) is 23.7 Å². The molecule has 0 bridgehead atoms. The number of hydrogen-bond acceptors (Lipinski definition) is 6. The van der Waals surface area contributed by atoms with Crippen LogP contribution in [0.1, 0.15) is 10.7 Å². The maximum absolute atomic E-state index is 5.74. The van der Waals surface area contributed by atoms with Crippen LogP contribution in [0.15, 0.2) is 29.6 Å². The number of para-hydroxylation sites is 1. The third kappa shape index (κ3) is 2.70. The number of aryl methyl sites for hydroxylation is 1. The molecule has 0 aliphatic heterocycles. The topological polar surface area (TPSA) is 76.7 Å². The van der Waals surface area contributed by atoms with Gasteiger partial charge in [-0.3, -0.25) is 0 Å². The van der Waals surface area contributed by atoms with Crippen molar-refractivity contribution in [1.82, 2.24) is 15.0 Å². The number of nitrogens with one attached hydrogen (secondary N) is 1. The molecular weight excluding hydrogens is 270 g/mol. The lowest BCUT2D eigenvalue weighted by molar-refractivity contribution is 0.962. The van der Waals surface area contributed by atoms with E-state index < -0.39 is 0 Å². The molecule has 6 heteroatoms. The van der Waals surface area contributed by atoms with Gasteiger partial charge in [-0.15, -0.1) is 11.3 Å². The van der Waals surface area contributed by atoms with E-state index in [1.165, 1.54) is 0 Å². The Morgan fingerprint density at radius 1 is 1.20 bits per heavy atom. The average Bonchev–Trinajstić information content (AvgIpc) is 2.84. The molecule has 20 heavy (non-hydrogen) atoms. The maximum atomic E-state index is 5.74. The number of rotatable bonds is 4. The van der Waals surface area contributed by atoms with Crippen LogP contribution >= 0.6 is 11.3 Å². The SMILES string of the molecule is Cc1nc(CCNc2nc(N)nc3ccccc23)cs1. The minimum absolute atomic E-state index is 0.288. The van der Waals surface area contributed by atoms with Gasteiger partial charge in [0.2, 0.25) is 5.95 Å². The summed E-state index contributed by atoms with van der Waals surface area (Å²) in [4.78, 5) is 12.9. The van der Waals surface area contributed by atoms with Crippen LogP contribution in [0.2, 0.25) is 0 Å². The van der Waals surface area contributed by atoms with Crippen molar-refractivity contribution in [1.29, 1.82) is 0 Å². The van der Waals surface area contributed by atoms with E-state index in [1.807, 2.05) is 31.2 Å². The zero-order chi connectivity index (χ0) is 13.9. The van der Waals surface area contributed by atoms with Gasteiger partial charge in [-0.1, -0.05) is 12.1 Å². The van der Waals surface area contributed by atoms with Crippen LogP contribution in [0.4, 0.5) is 11.8 Å². The monoisotopic (exact) mass is 285 g/mol. The molecule has 0 atom stereocenters. The molecule has 0 radical (unpaired) electrons. The largest absolute Gasteiger partial charge is 0.369 e. The molecule has 0 unspecified atom stereocenters. The Labute approximate surface area is 120 Å². The Kier molecular flexibility index (Phi) is 3.47. The Morgan fingerprint density at radius 3 is 2.85 bits per heavy atom. The Morgan fingerprint density at radius 2 is 2.05 bits per heavy atom. The normalized spacial score (nSPS) is 10.8. The van der Waals surface area contributed by atoms with E-state index in [2.05, 4.69) is 25.6 Å². The summed E-state index contributed by atoms with van der Waals surface area (Å²) in [5.74, 6) is 1.07. The van der Waals surface area contributed by atoms with Crippen LogP contribution in [-0.4, -0.2) is 21.5 Å². The average molecular weight is 285 g/mol. The predicted octanol–water partition coefficient (Wildman–Crippen LogP) is 2.63. The Hall–Kier alpha value is -2.21. The lowest BCUT2D eigenvalue weighted by Gasteiger charge is -2.08. The van der Waals surface area contributed by atoms with E-state index in [1.54, 1.807) is 11.3 Å². The minimum Gasteiger partial charge on any atom is -0.369 e. The summed E-state index contributed by atoms with van der Waals surface area (Å²) in [7, 11) is 0. The van der Waals surface area contributed by atoms with Crippen molar-refractivity contribution < 1.29 is 0 Å². The van der Waals surface area contributed by atoms with E-state index >= 15 is 0 Å². The van der Waals surface area contributed by atoms with E-state index in [4.69, 9.17) is 5.73 Å². The molecule has 102 valence electrons. The van der Waals surface area contributed by atoms with Gasteiger partial charge in [0.25, 0.3) is 0 Å². The third-order valence-corrected chi connectivity index (χ3v) is 3.78. The number of benzene rings is 1. The number of hydrogen-bond donors (Lipinski definition) is 2. The summed E-state index contributed by atoms with van der Waals surface area (Å²) in [5, 5.41) is 7.48. The molecule has 3 aromatic rings. The first-order chi connectivity index (χ1) is 9.72. The van der Waals surface area contributed by atoms with Crippen LogP contribution in [0.25, 0.3) is 10.9 Å². The highest BCUT2D eigenvalue weighted by molar-refractivity contribution is 7.09. The predicted molar refractivity (Wildman–Crippen MR) is 83.0 cm³/mol. The van der Waals surface area contributed by atoms with Gasteiger partial charge in [-0.25, -0.2) is 9.97 Å². The number of thiazole rings is 1. The molecule has 1 aromatic carbocycles. The third-order valence-electron chi connectivity index (χ3n) is 2.96. The fraction of sp³-hybridized carbons (Fsp3) is 0.214. The van der Waals surface area contributed by atoms with Gasteiger partial charge in [0.1, 0.15) is 5.82 Å². The molecule has 2 aromatic heterocycles. The van der Waals surface area contributed by atoms with E-state index in [9.17, 15) is 0 Å². The van der Waals surface area contributed by atoms with Crippen molar-refractivity contribution >= 4 is 34.0 Å². The van der Waals surface area contributed by atoms with Crippen molar-refractivity contribution in [3.8, 4) is 0 Å². The van der Waals surface area contributed by atoms with Gasteiger partial charge in [0.15, 0.2) is 0 Å². The first-order valence-electron chi connectivity index (χ1n) is 6.39. The fourth-order valence-electron chi connectivity index (χ4n) is 2.06. The summed E-state index contributed by atoms with van der Waals surface area (Å²) >= 11 is 1.67. The molecule has 0 spiro atoms. The van der Waals surface area contributed by atoms with Crippen molar-refractivity contribution in [3.05, 3.63) is 40.3 Å². The summed E-state index contributed by atoms with van der Waals surface area (Å²) in [5.41, 5.74) is 7.69. The van der Waals surface area contributed by atoms with Crippen LogP contribution in [0.3, 0.4) is 0 Å². The molecule has 0 saturated heterocycles.